The molecule has 0 radical (unpaired) electrons. The highest BCUT2D eigenvalue weighted by molar-refractivity contribution is 7.15. The van der Waals surface area contributed by atoms with Crippen LogP contribution in [0.25, 0.3) is 4.96 Å². The highest BCUT2D eigenvalue weighted by Gasteiger charge is 2.13. The summed E-state index contributed by atoms with van der Waals surface area (Å²) in [5, 5.41) is 5.92. The van der Waals surface area contributed by atoms with E-state index in [-0.39, 0.29) is 0 Å². The molecule has 0 aliphatic heterocycles. The van der Waals surface area contributed by atoms with Crippen molar-refractivity contribution in [2.45, 2.75) is 6.54 Å². The van der Waals surface area contributed by atoms with Crippen LogP contribution in [0, 0.1) is 0 Å². The first kappa shape index (κ1) is 14.0. The summed E-state index contributed by atoms with van der Waals surface area (Å²) in [6.45, 7) is 0.589. The Morgan fingerprint density at radius 1 is 1.33 bits per heavy atom. The quantitative estimate of drug-likeness (QED) is 0.778. The molecule has 2 aromatic heterocycles. The van der Waals surface area contributed by atoms with Crippen molar-refractivity contribution >= 4 is 33.6 Å². The van der Waals surface area contributed by atoms with Gasteiger partial charge in [0.15, 0.2) is 4.96 Å². The molecule has 21 heavy (non-hydrogen) atoms. The van der Waals surface area contributed by atoms with Crippen molar-refractivity contribution in [3.63, 3.8) is 0 Å². The van der Waals surface area contributed by atoms with E-state index in [4.69, 9.17) is 21.1 Å². The predicted molar refractivity (Wildman–Crippen MR) is 85.0 cm³/mol. The van der Waals surface area contributed by atoms with E-state index in [9.17, 15) is 0 Å². The lowest BCUT2D eigenvalue weighted by molar-refractivity contribution is 0.395. The average molecular weight is 324 g/mol. The summed E-state index contributed by atoms with van der Waals surface area (Å²) in [5.41, 5.74) is 1.89. The third-order valence-electron chi connectivity index (χ3n) is 3.13. The van der Waals surface area contributed by atoms with Gasteiger partial charge in [-0.3, -0.25) is 4.40 Å². The monoisotopic (exact) mass is 323 g/mol. The molecule has 0 atom stereocenters. The summed E-state index contributed by atoms with van der Waals surface area (Å²) in [6.07, 6.45) is 1.98. The topological polar surface area (TPSA) is 47.8 Å². The molecular formula is C14H14ClN3O2S. The van der Waals surface area contributed by atoms with Gasteiger partial charge >= 0.3 is 0 Å². The van der Waals surface area contributed by atoms with E-state index in [1.807, 2.05) is 28.1 Å². The number of hydrogen-bond acceptors (Lipinski definition) is 5. The van der Waals surface area contributed by atoms with Gasteiger partial charge in [-0.2, -0.15) is 4.98 Å². The fraction of sp³-hybridized carbons (Fsp3) is 0.214. The summed E-state index contributed by atoms with van der Waals surface area (Å²) in [4.78, 5) is 5.34. The van der Waals surface area contributed by atoms with Gasteiger partial charge in [0.25, 0.3) is 0 Å². The largest absolute Gasteiger partial charge is 0.495 e. The molecule has 5 nitrogen and oxygen atoms in total. The van der Waals surface area contributed by atoms with Crippen LogP contribution in [0.3, 0.4) is 0 Å². The number of hydrogen-bond donors (Lipinski definition) is 1. The maximum absolute atomic E-state index is 6.02. The molecule has 0 unspecified atom stereocenters. The molecular weight excluding hydrogens is 310 g/mol. The number of aromatic nitrogens is 2. The second-order valence-corrected chi connectivity index (χ2v) is 5.61. The van der Waals surface area contributed by atoms with Gasteiger partial charge in [-0.25, -0.2) is 0 Å². The number of nitrogens with zero attached hydrogens (tertiary/aromatic N) is 2. The van der Waals surface area contributed by atoms with Crippen LogP contribution < -0.4 is 14.8 Å². The number of halogens is 1. The molecule has 0 amide bonds. The molecule has 3 rings (SSSR count). The van der Waals surface area contributed by atoms with E-state index in [2.05, 4.69) is 10.3 Å². The molecule has 1 N–H and O–H groups in total. The first-order valence-electron chi connectivity index (χ1n) is 6.28. The van der Waals surface area contributed by atoms with Crippen LogP contribution in [0.2, 0.25) is 5.02 Å². The zero-order valence-corrected chi connectivity index (χ0v) is 13.2. The number of imidazole rings is 1. The third-order valence-corrected chi connectivity index (χ3v) is 4.20. The minimum atomic E-state index is 0.588. The minimum Gasteiger partial charge on any atom is -0.495 e. The third kappa shape index (κ3) is 2.64. The molecule has 0 bridgehead atoms. The molecule has 0 saturated carbocycles. The summed E-state index contributed by atoms with van der Waals surface area (Å²) < 4.78 is 12.6. The number of rotatable bonds is 5. The maximum Gasteiger partial charge on any atom is 0.238 e. The predicted octanol–water partition coefficient (Wildman–Crippen LogP) is 3.68. The van der Waals surface area contributed by atoms with Crippen LogP contribution in [0.15, 0.2) is 29.8 Å². The summed E-state index contributed by atoms with van der Waals surface area (Å²) in [6, 6.07) is 5.57. The molecule has 7 heteroatoms. The van der Waals surface area contributed by atoms with Gasteiger partial charge in [0.05, 0.1) is 25.8 Å². The molecule has 0 spiro atoms. The lowest BCUT2D eigenvalue weighted by Gasteiger charge is -2.09. The van der Waals surface area contributed by atoms with Crippen LogP contribution in [-0.4, -0.2) is 23.6 Å². The Hall–Kier alpha value is -1.92. The van der Waals surface area contributed by atoms with Gasteiger partial charge in [-0.1, -0.05) is 11.6 Å². The van der Waals surface area contributed by atoms with Crippen molar-refractivity contribution in [3.8, 4) is 11.6 Å². The lowest BCUT2D eigenvalue weighted by atomic mass is 10.3. The Morgan fingerprint density at radius 3 is 2.95 bits per heavy atom. The van der Waals surface area contributed by atoms with E-state index in [1.54, 1.807) is 31.6 Å². The normalized spacial score (nSPS) is 10.8. The Labute approximate surface area is 131 Å². The van der Waals surface area contributed by atoms with Gasteiger partial charge < -0.3 is 14.8 Å². The van der Waals surface area contributed by atoms with E-state index >= 15 is 0 Å². The van der Waals surface area contributed by atoms with Crippen molar-refractivity contribution in [3.05, 3.63) is 40.5 Å². The van der Waals surface area contributed by atoms with E-state index in [0.717, 1.165) is 16.3 Å². The molecule has 1 aromatic carbocycles. The SMILES string of the molecule is COc1cc(NCc2c(OC)nc3sccn23)ccc1Cl. The second kappa shape index (κ2) is 5.83. The van der Waals surface area contributed by atoms with Crippen LogP contribution in [0.4, 0.5) is 5.69 Å². The van der Waals surface area contributed by atoms with Gasteiger partial charge in [-0.15, -0.1) is 11.3 Å². The smallest absolute Gasteiger partial charge is 0.238 e. The summed E-state index contributed by atoms with van der Waals surface area (Å²) in [5.74, 6) is 1.28. The minimum absolute atomic E-state index is 0.588. The molecule has 0 aliphatic carbocycles. The number of nitrogens with one attached hydrogen (secondary N) is 1. The highest BCUT2D eigenvalue weighted by atomic mass is 35.5. The van der Waals surface area contributed by atoms with E-state index in [1.165, 1.54) is 0 Å². The standard InChI is InChI=1S/C14H14ClN3O2S/c1-19-12-7-9(3-4-10(12)15)16-8-11-13(20-2)17-14-18(11)5-6-21-14/h3-7,16H,8H2,1-2H3. The zero-order chi connectivity index (χ0) is 14.8. The van der Waals surface area contributed by atoms with Crippen LogP contribution in [0.5, 0.6) is 11.6 Å². The van der Waals surface area contributed by atoms with E-state index < -0.39 is 0 Å². The number of thiazole rings is 1. The Bertz CT molecular complexity index is 769. The molecule has 0 fully saturated rings. The molecule has 0 aliphatic rings. The summed E-state index contributed by atoms with van der Waals surface area (Å²) >= 11 is 7.60. The Balaban J connectivity index is 1.84. The van der Waals surface area contributed by atoms with Crippen LogP contribution in [0.1, 0.15) is 5.69 Å². The fourth-order valence-corrected chi connectivity index (χ4v) is 3.01. The Morgan fingerprint density at radius 2 is 2.19 bits per heavy atom. The number of ether oxygens (including phenoxy) is 2. The van der Waals surface area contributed by atoms with E-state index in [0.29, 0.717) is 23.2 Å². The van der Waals surface area contributed by atoms with Gasteiger partial charge in [0.2, 0.25) is 5.88 Å². The summed E-state index contributed by atoms with van der Waals surface area (Å²) in [7, 11) is 3.22. The number of benzene rings is 1. The Kier molecular flexibility index (Phi) is 3.90. The fourth-order valence-electron chi connectivity index (χ4n) is 2.09. The second-order valence-electron chi connectivity index (χ2n) is 4.33. The lowest BCUT2D eigenvalue weighted by Crippen LogP contribution is -2.04. The average Bonchev–Trinajstić information content (AvgIpc) is 3.07. The number of methoxy groups -OCH3 is 2. The van der Waals surface area contributed by atoms with Gasteiger partial charge in [0, 0.05) is 23.3 Å². The van der Waals surface area contributed by atoms with Crippen LogP contribution in [-0.2, 0) is 6.54 Å². The van der Waals surface area contributed by atoms with Crippen molar-refractivity contribution in [1.29, 1.82) is 0 Å². The van der Waals surface area contributed by atoms with Crippen molar-refractivity contribution in [2.24, 2.45) is 0 Å². The van der Waals surface area contributed by atoms with Gasteiger partial charge in [0.1, 0.15) is 11.4 Å². The molecule has 110 valence electrons. The van der Waals surface area contributed by atoms with Crippen LogP contribution >= 0.6 is 22.9 Å². The van der Waals surface area contributed by atoms with Crippen molar-refractivity contribution in [2.75, 3.05) is 19.5 Å². The van der Waals surface area contributed by atoms with Crippen molar-refractivity contribution in [1.82, 2.24) is 9.38 Å². The first-order valence-corrected chi connectivity index (χ1v) is 7.54. The highest BCUT2D eigenvalue weighted by Crippen LogP contribution is 2.28. The maximum atomic E-state index is 6.02. The first-order chi connectivity index (χ1) is 10.2. The zero-order valence-electron chi connectivity index (χ0n) is 11.6. The number of fused-ring (bicyclic) bond motifs is 1. The van der Waals surface area contributed by atoms with Crippen molar-refractivity contribution < 1.29 is 9.47 Å². The molecule has 2 heterocycles. The molecule has 0 saturated heterocycles. The number of anilines is 1. The van der Waals surface area contributed by atoms with Gasteiger partial charge in [-0.05, 0) is 12.1 Å². The molecule has 3 aromatic rings.